The fourth-order valence-corrected chi connectivity index (χ4v) is 3.42. The fourth-order valence-electron chi connectivity index (χ4n) is 3.42. The van der Waals surface area contributed by atoms with Crippen molar-refractivity contribution in [3.8, 4) is 0 Å². The molecule has 1 aliphatic heterocycles. The molecule has 0 spiro atoms. The molecule has 1 N–H and O–H groups in total. The quantitative estimate of drug-likeness (QED) is 0.609. The highest BCUT2D eigenvalue weighted by molar-refractivity contribution is 5.84. The van der Waals surface area contributed by atoms with E-state index in [1.165, 1.54) is 6.08 Å². The second kappa shape index (κ2) is 9.91. The molecule has 0 aliphatic carbocycles. The van der Waals surface area contributed by atoms with E-state index in [1.54, 1.807) is 6.92 Å². The molecule has 0 bridgehead atoms. The summed E-state index contributed by atoms with van der Waals surface area (Å²) in [4.78, 5) is 24.5. The molecular formula is C21H34O4. The number of esters is 1. The Balaban J connectivity index is 2.98. The van der Waals surface area contributed by atoms with Crippen molar-refractivity contribution in [3.63, 3.8) is 0 Å². The molecule has 25 heavy (non-hydrogen) atoms. The molecule has 1 aliphatic rings. The largest absolute Gasteiger partial charge is 0.459 e. The zero-order chi connectivity index (χ0) is 19.1. The van der Waals surface area contributed by atoms with Crippen molar-refractivity contribution in [1.29, 1.82) is 0 Å². The summed E-state index contributed by atoms with van der Waals surface area (Å²) in [6.45, 7) is 13.9. The number of aliphatic hydroxyl groups is 1. The average Bonchev–Trinajstić information content (AvgIpc) is 2.52. The number of rotatable bonds is 4. The summed E-state index contributed by atoms with van der Waals surface area (Å²) in [6.07, 6.45) is 3.38. The molecule has 1 heterocycles. The highest BCUT2D eigenvalue weighted by Crippen LogP contribution is 2.27. The molecule has 4 heteroatoms. The Morgan fingerprint density at radius 3 is 2.60 bits per heavy atom. The van der Waals surface area contributed by atoms with E-state index in [9.17, 15) is 14.7 Å². The van der Waals surface area contributed by atoms with Crippen LogP contribution in [0.3, 0.4) is 0 Å². The lowest BCUT2D eigenvalue weighted by Crippen LogP contribution is -2.27. The molecule has 5 atom stereocenters. The van der Waals surface area contributed by atoms with E-state index in [0.29, 0.717) is 5.57 Å². The highest BCUT2D eigenvalue weighted by Gasteiger charge is 2.26. The first-order chi connectivity index (χ1) is 11.6. The van der Waals surface area contributed by atoms with Crippen molar-refractivity contribution >= 4 is 11.8 Å². The highest BCUT2D eigenvalue weighted by atomic mass is 16.5. The molecular weight excluding hydrogens is 316 g/mol. The third-order valence-electron chi connectivity index (χ3n) is 5.29. The van der Waals surface area contributed by atoms with Gasteiger partial charge in [0.25, 0.3) is 0 Å². The van der Waals surface area contributed by atoms with Crippen molar-refractivity contribution in [2.75, 3.05) is 0 Å². The van der Waals surface area contributed by atoms with Crippen LogP contribution in [0.15, 0.2) is 23.8 Å². The van der Waals surface area contributed by atoms with E-state index in [-0.39, 0.29) is 36.1 Å². The molecule has 142 valence electrons. The standard InChI is InChI=1S/C21H34O4/c1-7-14(3)15(4)10-18-9-13(2)8-16(5)19(22)12-20(23)17(6)11-21(24)25-18/h11,13,15-16,18,20,23H,3,7-10,12H2,1-2,4-6H3/b17-11+. The van der Waals surface area contributed by atoms with Crippen LogP contribution in [0.5, 0.6) is 0 Å². The normalized spacial score (nSPS) is 32.6. The second-order valence-electron chi connectivity index (χ2n) is 7.76. The minimum Gasteiger partial charge on any atom is -0.459 e. The van der Waals surface area contributed by atoms with Gasteiger partial charge in [-0.25, -0.2) is 4.79 Å². The van der Waals surface area contributed by atoms with Gasteiger partial charge in [-0.1, -0.05) is 39.8 Å². The molecule has 0 aromatic carbocycles. The first-order valence-corrected chi connectivity index (χ1v) is 9.41. The Kier molecular flexibility index (Phi) is 8.57. The predicted molar refractivity (Wildman–Crippen MR) is 100 cm³/mol. The smallest absolute Gasteiger partial charge is 0.331 e. The zero-order valence-electron chi connectivity index (χ0n) is 16.4. The molecule has 0 aromatic heterocycles. The molecule has 0 saturated heterocycles. The number of carbonyl (C=O) groups is 2. The Morgan fingerprint density at radius 2 is 2.00 bits per heavy atom. The Bertz CT molecular complexity index is 520. The second-order valence-corrected chi connectivity index (χ2v) is 7.76. The molecule has 0 amide bonds. The number of Topliss-reactive ketones (excluding diaryl/α,β-unsaturated/α-hetero) is 1. The maximum atomic E-state index is 12.3. The van der Waals surface area contributed by atoms with E-state index < -0.39 is 12.1 Å². The van der Waals surface area contributed by atoms with Gasteiger partial charge in [0.1, 0.15) is 11.9 Å². The number of carbonyl (C=O) groups excluding carboxylic acids is 2. The Hall–Kier alpha value is -1.42. The van der Waals surface area contributed by atoms with Gasteiger partial charge in [0.15, 0.2) is 0 Å². The molecule has 0 fully saturated rings. The molecule has 4 nitrogen and oxygen atoms in total. The maximum Gasteiger partial charge on any atom is 0.331 e. The maximum absolute atomic E-state index is 12.3. The first-order valence-electron chi connectivity index (χ1n) is 9.41. The van der Waals surface area contributed by atoms with Crippen LogP contribution in [0.4, 0.5) is 0 Å². The lowest BCUT2D eigenvalue weighted by atomic mass is 9.85. The topological polar surface area (TPSA) is 63.6 Å². The number of ether oxygens (including phenoxy) is 1. The number of hydrogen-bond acceptors (Lipinski definition) is 4. The van der Waals surface area contributed by atoms with Gasteiger partial charge in [-0.3, -0.25) is 4.79 Å². The number of hydrogen-bond donors (Lipinski definition) is 1. The number of aliphatic hydroxyl groups excluding tert-OH is 1. The van der Waals surface area contributed by atoms with Gasteiger partial charge in [-0.05, 0) is 50.0 Å². The van der Waals surface area contributed by atoms with E-state index in [2.05, 4.69) is 27.4 Å². The fraction of sp³-hybridized carbons (Fsp3) is 0.714. The monoisotopic (exact) mass is 350 g/mol. The van der Waals surface area contributed by atoms with Crippen molar-refractivity contribution in [2.45, 2.75) is 78.9 Å². The number of ketones is 1. The SMILES string of the molecule is C=C(CC)C(C)CC1CC(C)CC(C)C(=O)CC(O)/C(C)=C/C(=O)O1. The summed E-state index contributed by atoms with van der Waals surface area (Å²) >= 11 is 0. The third kappa shape index (κ3) is 7.15. The summed E-state index contributed by atoms with van der Waals surface area (Å²) < 4.78 is 5.69. The third-order valence-corrected chi connectivity index (χ3v) is 5.29. The van der Waals surface area contributed by atoms with Gasteiger partial charge < -0.3 is 9.84 Å². The predicted octanol–water partition coefficient (Wildman–Crippen LogP) is 4.22. The Labute approximate surface area is 152 Å². The van der Waals surface area contributed by atoms with Crippen molar-refractivity contribution in [2.24, 2.45) is 17.8 Å². The molecule has 5 unspecified atom stereocenters. The lowest BCUT2D eigenvalue weighted by Gasteiger charge is -2.27. The van der Waals surface area contributed by atoms with Crippen LogP contribution in [0, 0.1) is 17.8 Å². The molecule has 0 saturated carbocycles. The van der Waals surface area contributed by atoms with Crippen molar-refractivity contribution in [1.82, 2.24) is 0 Å². The summed E-state index contributed by atoms with van der Waals surface area (Å²) in [7, 11) is 0. The summed E-state index contributed by atoms with van der Waals surface area (Å²) in [5, 5.41) is 10.1. The minimum atomic E-state index is -0.922. The van der Waals surface area contributed by atoms with Crippen LogP contribution >= 0.6 is 0 Å². The molecule has 0 radical (unpaired) electrons. The summed E-state index contributed by atoms with van der Waals surface area (Å²) in [5.74, 6) is 0.0452. The lowest BCUT2D eigenvalue weighted by molar-refractivity contribution is -0.145. The Morgan fingerprint density at radius 1 is 1.36 bits per heavy atom. The van der Waals surface area contributed by atoms with Crippen molar-refractivity contribution in [3.05, 3.63) is 23.8 Å². The van der Waals surface area contributed by atoms with E-state index in [0.717, 1.165) is 31.3 Å². The van der Waals surface area contributed by atoms with Crippen LogP contribution < -0.4 is 0 Å². The van der Waals surface area contributed by atoms with Gasteiger partial charge in [0.2, 0.25) is 0 Å². The average molecular weight is 350 g/mol. The van der Waals surface area contributed by atoms with Crippen LogP contribution in [0.2, 0.25) is 0 Å². The van der Waals surface area contributed by atoms with Gasteiger partial charge in [-0.15, -0.1) is 0 Å². The van der Waals surface area contributed by atoms with Gasteiger partial charge in [-0.2, -0.15) is 0 Å². The van der Waals surface area contributed by atoms with E-state index in [1.807, 2.05) is 6.92 Å². The van der Waals surface area contributed by atoms with Crippen LogP contribution in [0.25, 0.3) is 0 Å². The van der Waals surface area contributed by atoms with Crippen LogP contribution in [-0.4, -0.2) is 29.1 Å². The summed E-state index contributed by atoms with van der Waals surface area (Å²) in [5.41, 5.74) is 1.63. The van der Waals surface area contributed by atoms with Gasteiger partial charge >= 0.3 is 5.97 Å². The zero-order valence-corrected chi connectivity index (χ0v) is 16.4. The number of cyclic esters (lactones) is 1. The minimum absolute atomic E-state index is 0.0466. The van der Waals surface area contributed by atoms with Crippen LogP contribution in [-0.2, 0) is 14.3 Å². The molecule has 0 aromatic rings. The van der Waals surface area contributed by atoms with E-state index >= 15 is 0 Å². The van der Waals surface area contributed by atoms with E-state index in [4.69, 9.17) is 4.74 Å². The number of allylic oxidation sites excluding steroid dienone is 1. The van der Waals surface area contributed by atoms with Gasteiger partial charge in [0, 0.05) is 18.4 Å². The van der Waals surface area contributed by atoms with Crippen molar-refractivity contribution < 1.29 is 19.4 Å². The summed E-state index contributed by atoms with van der Waals surface area (Å²) in [6, 6.07) is 0. The molecule has 1 rings (SSSR count). The van der Waals surface area contributed by atoms with Gasteiger partial charge in [0.05, 0.1) is 6.10 Å². The first kappa shape index (κ1) is 21.6. The van der Waals surface area contributed by atoms with Crippen LogP contribution in [0.1, 0.15) is 66.7 Å².